The van der Waals surface area contributed by atoms with Crippen molar-refractivity contribution < 1.29 is 4.74 Å². The SMILES string of the molecule is COc1ccc(-c2cc(=O)n(C)c3cc(-c4ccc(C)cc4)sc23)cc1. The van der Waals surface area contributed by atoms with E-state index in [0.717, 1.165) is 32.0 Å². The number of methoxy groups -OCH3 is 1. The van der Waals surface area contributed by atoms with Gasteiger partial charge in [-0.25, -0.2) is 0 Å². The van der Waals surface area contributed by atoms with Gasteiger partial charge >= 0.3 is 0 Å². The normalized spacial score (nSPS) is 11.0. The van der Waals surface area contributed by atoms with Gasteiger partial charge in [-0.1, -0.05) is 42.0 Å². The van der Waals surface area contributed by atoms with Crippen molar-refractivity contribution in [2.45, 2.75) is 6.92 Å². The standard InChI is InChI=1S/C22H19NO2S/c1-14-4-6-16(7-5-14)20-13-19-22(26-20)18(12-21(24)23(19)2)15-8-10-17(25-3)11-9-15/h4-13H,1-3H3. The van der Waals surface area contributed by atoms with Crippen molar-refractivity contribution in [3.05, 3.63) is 76.6 Å². The molecule has 0 fully saturated rings. The third-order valence-corrected chi connectivity index (χ3v) is 5.86. The molecule has 0 spiro atoms. The summed E-state index contributed by atoms with van der Waals surface area (Å²) in [5, 5.41) is 0. The number of aryl methyl sites for hydroxylation is 2. The minimum absolute atomic E-state index is 0.00317. The quantitative estimate of drug-likeness (QED) is 0.499. The predicted octanol–water partition coefficient (Wildman–Crippen LogP) is 5.25. The largest absolute Gasteiger partial charge is 0.497 e. The summed E-state index contributed by atoms with van der Waals surface area (Å²) in [6, 6.07) is 20.2. The van der Waals surface area contributed by atoms with Gasteiger partial charge in [-0.3, -0.25) is 4.79 Å². The molecule has 4 rings (SSSR count). The van der Waals surface area contributed by atoms with E-state index >= 15 is 0 Å². The van der Waals surface area contributed by atoms with Gasteiger partial charge in [0, 0.05) is 23.6 Å². The number of hydrogen-bond donors (Lipinski definition) is 0. The van der Waals surface area contributed by atoms with Crippen LogP contribution in [0.5, 0.6) is 5.75 Å². The highest BCUT2D eigenvalue weighted by molar-refractivity contribution is 7.22. The maximum Gasteiger partial charge on any atom is 0.251 e. The van der Waals surface area contributed by atoms with E-state index in [2.05, 4.69) is 37.3 Å². The molecule has 130 valence electrons. The minimum atomic E-state index is -0.00317. The molecule has 0 aliphatic rings. The number of hydrogen-bond acceptors (Lipinski definition) is 3. The van der Waals surface area contributed by atoms with E-state index < -0.39 is 0 Å². The van der Waals surface area contributed by atoms with Gasteiger partial charge in [-0.2, -0.15) is 0 Å². The Hall–Kier alpha value is -2.85. The molecule has 2 heterocycles. The zero-order valence-electron chi connectivity index (χ0n) is 14.9. The summed E-state index contributed by atoms with van der Waals surface area (Å²) in [5.74, 6) is 0.806. The van der Waals surface area contributed by atoms with Crippen molar-refractivity contribution in [3.8, 4) is 27.3 Å². The summed E-state index contributed by atoms with van der Waals surface area (Å²) in [6.07, 6.45) is 0. The molecule has 0 bridgehead atoms. The van der Waals surface area contributed by atoms with Gasteiger partial charge in [-0.05, 0) is 36.2 Å². The number of fused-ring (bicyclic) bond motifs is 1. The van der Waals surface area contributed by atoms with Gasteiger partial charge in [0.1, 0.15) is 5.75 Å². The van der Waals surface area contributed by atoms with Crippen LogP contribution in [0.25, 0.3) is 31.8 Å². The highest BCUT2D eigenvalue weighted by Gasteiger charge is 2.14. The second-order valence-electron chi connectivity index (χ2n) is 6.37. The third kappa shape index (κ3) is 2.82. The Kier molecular flexibility index (Phi) is 4.13. The average molecular weight is 361 g/mol. The third-order valence-electron chi connectivity index (χ3n) is 4.65. The lowest BCUT2D eigenvalue weighted by Gasteiger charge is -2.07. The maximum atomic E-state index is 12.5. The second kappa shape index (κ2) is 6.46. The van der Waals surface area contributed by atoms with E-state index in [1.165, 1.54) is 11.1 Å². The van der Waals surface area contributed by atoms with Gasteiger partial charge in [0.25, 0.3) is 5.56 Å². The van der Waals surface area contributed by atoms with Crippen molar-refractivity contribution in [2.75, 3.05) is 7.11 Å². The minimum Gasteiger partial charge on any atom is -0.497 e. The molecule has 0 aliphatic heterocycles. The van der Waals surface area contributed by atoms with Crippen LogP contribution < -0.4 is 10.3 Å². The van der Waals surface area contributed by atoms with E-state index in [1.807, 2.05) is 31.3 Å². The number of pyridine rings is 1. The summed E-state index contributed by atoms with van der Waals surface area (Å²) < 4.78 is 8.08. The Labute approximate surface area is 156 Å². The molecular weight excluding hydrogens is 342 g/mol. The first-order valence-corrected chi connectivity index (χ1v) is 9.23. The van der Waals surface area contributed by atoms with Crippen molar-refractivity contribution >= 4 is 21.6 Å². The molecule has 0 aliphatic carbocycles. The lowest BCUT2D eigenvalue weighted by molar-refractivity contribution is 0.415. The van der Waals surface area contributed by atoms with E-state index in [4.69, 9.17) is 4.74 Å². The molecule has 0 radical (unpaired) electrons. The Balaban J connectivity index is 1.94. The van der Waals surface area contributed by atoms with Crippen LogP contribution in [0.4, 0.5) is 0 Å². The van der Waals surface area contributed by atoms with Crippen molar-refractivity contribution in [1.82, 2.24) is 4.57 Å². The predicted molar refractivity (Wildman–Crippen MR) is 109 cm³/mol. The fraction of sp³-hybridized carbons (Fsp3) is 0.136. The summed E-state index contributed by atoms with van der Waals surface area (Å²) in [6.45, 7) is 2.08. The zero-order chi connectivity index (χ0) is 18.3. The van der Waals surface area contributed by atoms with Gasteiger partial charge in [0.15, 0.2) is 0 Å². The van der Waals surface area contributed by atoms with E-state index in [1.54, 1.807) is 29.1 Å². The molecule has 0 amide bonds. The van der Waals surface area contributed by atoms with Gasteiger partial charge in [-0.15, -0.1) is 11.3 Å². The summed E-state index contributed by atoms with van der Waals surface area (Å²) >= 11 is 1.72. The maximum absolute atomic E-state index is 12.5. The van der Waals surface area contributed by atoms with E-state index in [0.29, 0.717) is 0 Å². The number of ether oxygens (including phenoxy) is 1. The lowest BCUT2D eigenvalue weighted by Crippen LogP contribution is -2.15. The van der Waals surface area contributed by atoms with Crippen LogP contribution in [-0.2, 0) is 7.05 Å². The Morgan fingerprint density at radius 1 is 0.923 bits per heavy atom. The van der Waals surface area contributed by atoms with E-state index in [9.17, 15) is 4.79 Å². The first-order chi connectivity index (χ1) is 12.6. The van der Waals surface area contributed by atoms with Gasteiger partial charge in [0.05, 0.1) is 17.3 Å². The summed E-state index contributed by atoms with van der Waals surface area (Å²) in [4.78, 5) is 13.6. The van der Waals surface area contributed by atoms with Crippen LogP contribution in [0, 0.1) is 6.92 Å². The van der Waals surface area contributed by atoms with Gasteiger partial charge < -0.3 is 9.30 Å². The van der Waals surface area contributed by atoms with Gasteiger partial charge in [0.2, 0.25) is 0 Å². The molecule has 26 heavy (non-hydrogen) atoms. The molecule has 0 atom stereocenters. The fourth-order valence-electron chi connectivity index (χ4n) is 3.07. The number of rotatable bonds is 3. The lowest BCUT2D eigenvalue weighted by atomic mass is 10.1. The molecular formula is C22H19NO2S. The van der Waals surface area contributed by atoms with Crippen molar-refractivity contribution in [2.24, 2.45) is 7.05 Å². The summed E-state index contributed by atoms with van der Waals surface area (Å²) in [7, 11) is 3.48. The molecule has 0 N–H and O–H groups in total. The van der Waals surface area contributed by atoms with Crippen LogP contribution in [0.2, 0.25) is 0 Å². The summed E-state index contributed by atoms with van der Waals surface area (Å²) in [5.41, 5.74) is 5.35. The molecule has 0 saturated heterocycles. The first kappa shape index (κ1) is 16.6. The van der Waals surface area contributed by atoms with Crippen LogP contribution in [0.3, 0.4) is 0 Å². The van der Waals surface area contributed by atoms with Crippen LogP contribution >= 0.6 is 11.3 Å². The molecule has 2 aromatic carbocycles. The van der Waals surface area contributed by atoms with Crippen LogP contribution in [0.15, 0.2) is 65.5 Å². The second-order valence-corrected chi connectivity index (χ2v) is 7.43. The van der Waals surface area contributed by atoms with Crippen molar-refractivity contribution in [1.29, 1.82) is 0 Å². The molecule has 3 nitrogen and oxygen atoms in total. The molecule has 2 aromatic heterocycles. The molecule has 0 saturated carbocycles. The Morgan fingerprint density at radius 3 is 2.23 bits per heavy atom. The Bertz CT molecular complexity index is 1140. The molecule has 4 heteroatoms. The number of aromatic nitrogens is 1. The number of thiophene rings is 1. The zero-order valence-corrected chi connectivity index (χ0v) is 15.8. The molecule has 0 unspecified atom stereocenters. The topological polar surface area (TPSA) is 31.2 Å². The smallest absolute Gasteiger partial charge is 0.251 e. The monoisotopic (exact) mass is 361 g/mol. The highest BCUT2D eigenvalue weighted by atomic mass is 32.1. The average Bonchev–Trinajstić information content (AvgIpc) is 3.11. The highest BCUT2D eigenvalue weighted by Crippen LogP contribution is 2.38. The Morgan fingerprint density at radius 2 is 1.58 bits per heavy atom. The molecule has 4 aromatic rings. The van der Waals surface area contributed by atoms with Crippen LogP contribution in [-0.4, -0.2) is 11.7 Å². The van der Waals surface area contributed by atoms with Crippen LogP contribution in [0.1, 0.15) is 5.56 Å². The van der Waals surface area contributed by atoms with E-state index in [-0.39, 0.29) is 5.56 Å². The van der Waals surface area contributed by atoms with Crippen molar-refractivity contribution in [3.63, 3.8) is 0 Å². The number of nitrogens with zero attached hydrogens (tertiary/aromatic N) is 1. The fourth-order valence-corrected chi connectivity index (χ4v) is 4.30. The number of benzene rings is 2. The first-order valence-electron chi connectivity index (χ1n) is 8.42.